The molecule has 1 N–H and O–H groups in total. The third-order valence-corrected chi connectivity index (χ3v) is 1.78. The van der Waals surface area contributed by atoms with Crippen molar-refractivity contribution in [1.29, 1.82) is 0 Å². The average molecular weight is 124 g/mol. The van der Waals surface area contributed by atoms with Crippen molar-refractivity contribution in [3.63, 3.8) is 0 Å². The standard InChI is InChI=1S/C3H8OS2/c1-2-3(4)6-5/h3-5H,2H2,1H3. The summed E-state index contributed by atoms with van der Waals surface area (Å²) in [6.07, 6.45) is 0.772. The van der Waals surface area contributed by atoms with Crippen LogP contribution in [0.3, 0.4) is 0 Å². The first-order valence-corrected chi connectivity index (χ1v) is 3.72. The van der Waals surface area contributed by atoms with Gasteiger partial charge in [-0.2, -0.15) is 0 Å². The fourth-order valence-electron chi connectivity index (χ4n) is 0.0745. The predicted molar refractivity (Wildman–Crippen MR) is 32.9 cm³/mol. The summed E-state index contributed by atoms with van der Waals surface area (Å²) in [7, 11) is 1.17. The first kappa shape index (κ1) is 6.66. The molecule has 3 heteroatoms. The van der Waals surface area contributed by atoms with Crippen molar-refractivity contribution in [2.24, 2.45) is 0 Å². The molecule has 0 aliphatic carbocycles. The van der Waals surface area contributed by atoms with E-state index in [4.69, 9.17) is 5.11 Å². The predicted octanol–water partition coefficient (Wildman–Crippen LogP) is 1.29. The quantitative estimate of drug-likeness (QED) is 0.329. The average Bonchev–Trinajstić information content (AvgIpc) is 1.65. The highest BCUT2D eigenvalue weighted by Crippen LogP contribution is 2.13. The largest absolute Gasteiger partial charge is 0.382 e. The lowest BCUT2D eigenvalue weighted by molar-refractivity contribution is 0.261. The van der Waals surface area contributed by atoms with Gasteiger partial charge in [-0.1, -0.05) is 17.7 Å². The molecule has 0 radical (unpaired) electrons. The number of aliphatic hydroxyl groups excluding tert-OH is 1. The van der Waals surface area contributed by atoms with Crippen LogP contribution in [0.25, 0.3) is 0 Å². The molecule has 0 rings (SSSR count). The van der Waals surface area contributed by atoms with Gasteiger partial charge in [0, 0.05) is 0 Å². The Morgan fingerprint density at radius 3 is 2.50 bits per heavy atom. The molecule has 0 aromatic carbocycles. The van der Waals surface area contributed by atoms with Gasteiger partial charge >= 0.3 is 0 Å². The smallest absolute Gasteiger partial charge is 0.109 e. The van der Waals surface area contributed by atoms with Crippen LogP contribution in [-0.4, -0.2) is 10.5 Å². The molecule has 0 aliphatic heterocycles. The van der Waals surface area contributed by atoms with E-state index >= 15 is 0 Å². The van der Waals surface area contributed by atoms with Crippen molar-refractivity contribution >= 4 is 22.5 Å². The highest BCUT2D eigenvalue weighted by Gasteiger charge is 1.92. The minimum atomic E-state index is -0.284. The van der Waals surface area contributed by atoms with E-state index in [9.17, 15) is 0 Å². The fourth-order valence-corrected chi connectivity index (χ4v) is 0.671. The van der Waals surface area contributed by atoms with Gasteiger partial charge in [-0.15, -0.1) is 11.7 Å². The maximum atomic E-state index is 8.55. The fraction of sp³-hybridized carbons (Fsp3) is 1.00. The Balaban J connectivity index is 2.75. The number of hydrogen-bond acceptors (Lipinski definition) is 3. The molecule has 0 aromatic heterocycles. The number of hydrogen-bond donors (Lipinski definition) is 2. The minimum Gasteiger partial charge on any atom is -0.382 e. The first-order valence-electron chi connectivity index (χ1n) is 1.79. The molecule has 38 valence electrons. The second-order valence-corrected chi connectivity index (χ2v) is 2.36. The highest BCUT2D eigenvalue weighted by molar-refractivity contribution is 8.68. The van der Waals surface area contributed by atoms with Crippen LogP contribution >= 0.6 is 22.5 Å². The summed E-state index contributed by atoms with van der Waals surface area (Å²) in [5.41, 5.74) is -0.284. The van der Waals surface area contributed by atoms with Crippen molar-refractivity contribution in [3.8, 4) is 0 Å². The van der Waals surface area contributed by atoms with Crippen molar-refractivity contribution in [2.75, 3.05) is 0 Å². The van der Waals surface area contributed by atoms with Crippen LogP contribution in [0.5, 0.6) is 0 Å². The third kappa shape index (κ3) is 2.87. The van der Waals surface area contributed by atoms with E-state index in [1.54, 1.807) is 0 Å². The summed E-state index contributed by atoms with van der Waals surface area (Å²) in [4.78, 5) is 0. The Bertz CT molecular complexity index is 28.0. The summed E-state index contributed by atoms with van der Waals surface area (Å²) in [5.74, 6) is 0. The molecular weight excluding hydrogens is 116 g/mol. The van der Waals surface area contributed by atoms with Gasteiger partial charge in [-0.25, -0.2) is 0 Å². The maximum absolute atomic E-state index is 8.55. The summed E-state index contributed by atoms with van der Waals surface area (Å²) in [6.45, 7) is 1.91. The zero-order valence-corrected chi connectivity index (χ0v) is 5.30. The molecule has 6 heavy (non-hydrogen) atoms. The topological polar surface area (TPSA) is 20.2 Å². The molecule has 0 spiro atoms. The molecule has 0 saturated heterocycles. The van der Waals surface area contributed by atoms with Crippen LogP contribution in [-0.2, 0) is 0 Å². The van der Waals surface area contributed by atoms with Crippen LogP contribution in [0.15, 0.2) is 0 Å². The van der Waals surface area contributed by atoms with Crippen LogP contribution in [0.2, 0.25) is 0 Å². The lowest BCUT2D eigenvalue weighted by Crippen LogP contribution is -1.91. The van der Waals surface area contributed by atoms with E-state index in [0.29, 0.717) is 0 Å². The van der Waals surface area contributed by atoms with Gasteiger partial charge in [0.2, 0.25) is 0 Å². The van der Waals surface area contributed by atoms with Crippen molar-refractivity contribution in [1.82, 2.24) is 0 Å². The van der Waals surface area contributed by atoms with E-state index in [0.717, 1.165) is 6.42 Å². The van der Waals surface area contributed by atoms with Crippen LogP contribution in [0.1, 0.15) is 13.3 Å². The Hall–Kier alpha value is 0.660. The summed E-state index contributed by atoms with van der Waals surface area (Å²) in [5, 5.41) is 8.55. The van der Waals surface area contributed by atoms with Gasteiger partial charge in [0.25, 0.3) is 0 Å². The van der Waals surface area contributed by atoms with Crippen LogP contribution in [0.4, 0.5) is 0 Å². The summed E-state index contributed by atoms with van der Waals surface area (Å²) >= 11 is 3.76. The molecule has 1 nitrogen and oxygen atoms in total. The van der Waals surface area contributed by atoms with Gasteiger partial charge in [0.15, 0.2) is 0 Å². The van der Waals surface area contributed by atoms with E-state index in [1.165, 1.54) is 10.8 Å². The van der Waals surface area contributed by atoms with Gasteiger partial charge in [0.05, 0.1) is 0 Å². The Kier molecular flexibility index (Phi) is 4.26. The Labute approximate surface area is 46.9 Å². The third-order valence-electron chi connectivity index (χ3n) is 0.471. The van der Waals surface area contributed by atoms with Gasteiger partial charge in [-0.05, 0) is 6.42 Å². The monoisotopic (exact) mass is 124 g/mol. The Morgan fingerprint density at radius 1 is 2.00 bits per heavy atom. The van der Waals surface area contributed by atoms with Gasteiger partial charge in [-0.3, -0.25) is 0 Å². The van der Waals surface area contributed by atoms with E-state index in [2.05, 4.69) is 11.7 Å². The molecule has 0 fully saturated rings. The summed E-state index contributed by atoms with van der Waals surface area (Å²) < 4.78 is 0. The lowest BCUT2D eigenvalue weighted by Gasteiger charge is -1.96. The van der Waals surface area contributed by atoms with Crippen molar-refractivity contribution in [2.45, 2.75) is 18.8 Å². The normalized spacial score (nSPS) is 14.5. The molecule has 1 unspecified atom stereocenters. The first-order chi connectivity index (χ1) is 2.81. The van der Waals surface area contributed by atoms with Gasteiger partial charge < -0.3 is 5.11 Å². The van der Waals surface area contributed by atoms with Crippen molar-refractivity contribution < 1.29 is 5.11 Å². The number of rotatable bonds is 2. The SMILES string of the molecule is CCC(O)SS. The number of aliphatic hydroxyl groups is 1. The van der Waals surface area contributed by atoms with Crippen LogP contribution < -0.4 is 0 Å². The molecule has 1 atom stereocenters. The second-order valence-electron chi connectivity index (χ2n) is 0.968. The molecular formula is C3H8OS2. The van der Waals surface area contributed by atoms with Gasteiger partial charge in [0.1, 0.15) is 5.44 Å². The lowest BCUT2D eigenvalue weighted by atomic mass is 10.5. The Morgan fingerprint density at radius 2 is 2.50 bits per heavy atom. The molecule has 0 aliphatic rings. The zero-order chi connectivity index (χ0) is 4.99. The molecule has 0 heterocycles. The minimum absolute atomic E-state index is 0.284. The highest BCUT2D eigenvalue weighted by atomic mass is 33.1. The molecule has 0 amide bonds. The molecule has 0 aromatic rings. The van der Waals surface area contributed by atoms with E-state index in [-0.39, 0.29) is 5.44 Å². The summed E-state index contributed by atoms with van der Waals surface area (Å²) in [6, 6.07) is 0. The van der Waals surface area contributed by atoms with E-state index < -0.39 is 0 Å². The van der Waals surface area contributed by atoms with Crippen LogP contribution in [0, 0.1) is 0 Å². The molecule has 0 bridgehead atoms. The molecule has 0 saturated carbocycles. The van der Waals surface area contributed by atoms with Crippen molar-refractivity contribution in [3.05, 3.63) is 0 Å². The van der Waals surface area contributed by atoms with E-state index in [1.807, 2.05) is 6.92 Å². The number of thiol groups is 1. The second kappa shape index (κ2) is 3.84. The maximum Gasteiger partial charge on any atom is 0.109 e. The zero-order valence-electron chi connectivity index (χ0n) is 3.59.